The van der Waals surface area contributed by atoms with Gasteiger partial charge in [-0.3, -0.25) is 4.79 Å². The molecule has 0 unspecified atom stereocenters. The topological polar surface area (TPSA) is 68.0 Å². The van der Waals surface area contributed by atoms with E-state index in [4.69, 9.17) is 5.73 Å². The van der Waals surface area contributed by atoms with E-state index in [9.17, 15) is 4.79 Å². The molecule has 0 spiro atoms. The van der Waals surface area contributed by atoms with E-state index in [1.54, 1.807) is 0 Å². The maximum atomic E-state index is 11.6. The first-order valence-corrected chi connectivity index (χ1v) is 7.14. The Balaban J connectivity index is 2.02. The minimum Gasteiger partial charge on any atom is -0.399 e. The van der Waals surface area contributed by atoms with Crippen LogP contribution in [-0.2, 0) is 11.2 Å². The normalized spacial score (nSPS) is 10.4. The maximum absolute atomic E-state index is 11.6. The predicted molar refractivity (Wildman–Crippen MR) is 79.0 cm³/mol. The van der Waals surface area contributed by atoms with E-state index in [2.05, 4.69) is 10.3 Å². The van der Waals surface area contributed by atoms with Gasteiger partial charge in [-0.25, -0.2) is 4.98 Å². The Kier molecular flexibility index (Phi) is 4.52. The first-order chi connectivity index (χ1) is 9.19. The van der Waals surface area contributed by atoms with Crippen molar-refractivity contribution in [2.24, 2.45) is 0 Å². The molecule has 0 aliphatic carbocycles. The molecule has 19 heavy (non-hydrogen) atoms. The van der Waals surface area contributed by atoms with E-state index in [1.165, 1.54) is 11.3 Å². The molecule has 1 heterocycles. The second-order valence-corrected chi connectivity index (χ2v) is 5.22. The number of carbonyl (C=O) groups is 1. The van der Waals surface area contributed by atoms with Crippen LogP contribution in [0.15, 0.2) is 29.6 Å². The van der Waals surface area contributed by atoms with E-state index < -0.39 is 0 Å². The Morgan fingerprint density at radius 2 is 2.11 bits per heavy atom. The number of benzene rings is 1. The van der Waals surface area contributed by atoms with Gasteiger partial charge in [-0.2, -0.15) is 0 Å². The number of carbonyl (C=O) groups excluding carboxylic acids is 1. The average Bonchev–Trinajstić information content (AvgIpc) is 2.85. The number of thiazole rings is 1. The van der Waals surface area contributed by atoms with Gasteiger partial charge >= 0.3 is 0 Å². The van der Waals surface area contributed by atoms with Crippen molar-refractivity contribution in [1.29, 1.82) is 0 Å². The monoisotopic (exact) mass is 275 g/mol. The van der Waals surface area contributed by atoms with Gasteiger partial charge in [0.05, 0.1) is 12.1 Å². The van der Waals surface area contributed by atoms with Crippen molar-refractivity contribution in [3.63, 3.8) is 0 Å². The zero-order chi connectivity index (χ0) is 13.7. The molecule has 0 aliphatic heterocycles. The van der Waals surface area contributed by atoms with Gasteiger partial charge in [-0.15, -0.1) is 11.3 Å². The SMILES string of the molecule is CCCNC(=O)Cc1nc(-c2ccc(N)cc2)cs1. The summed E-state index contributed by atoms with van der Waals surface area (Å²) in [4.78, 5) is 16.1. The summed E-state index contributed by atoms with van der Waals surface area (Å²) >= 11 is 1.51. The number of aromatic nitrogens is 1. The molecule has 0 fully saturated rings. The summed E-state index contributed by atoms with van der Waals surface area (Å²) < 4.78 is 0. The lowest BCUT2D eigenvalue weighted by atomic mass is 10.1. The Hall–Kier alpha value is -1.88. The fourth-order valence-corrected chi connectivity index (χ4v) is 2.44. The molecule has 2 rings (SSSR count). The molecular weight excluding hydrogens is 258 g/mol. The molecule has 1 amide bonds. The highest BCUT2D eigenvalue weighted by atomic mass is 32.1. The highest BCUT2D eigenvalue weighted by Crippen LogP contribution is 2.22. The summed E-state index contributed by atoms with van der Waals surface area (Å²) in [6.45, 7) is 2.75. The highest BCUT2D eigenvalue weighted by Gasteiger charge is 2.08. The van der Waals surface area contributed by atoms with Crippen LogP contribution in [0.4, 0.5) is 5.69 Å². The van der Waals surface area contributed by atoms with Crippen molar-refractivity contribution in [3.05, 3.63) is 34.7 Å². The number of anilines is 1. The zero-order valence-electron chi connectivity index (χ0n) is 10.8. The Morgan fingerprint density at radius 3 is 2.79 bits per heavy atom. The van der Waals surface area contributed by atoms with Gasteiger partial charge in [0.25, 0.3) is 0 Å². The third-order valence-electron chi connectivity index (χ3n) is 2.64. The molecule has 1 aromatic carbocycles. The molecule has 1 aromatic heterocycles. The van der Waals surface area contributed by atoms with E-state index in [0.717, 1.165) is 34.9 Å². The van der Waals surface area contributed by atoms with Crippen molar-refractivity contribution < 1.29 is 4.79 Å². The van der Waals surface area contributed by atoms with Gasteiger partial charge in [0.2, 0.25) is 5.91 Å². The molecule has 4 nitrogen and oxygen atoms in total. The smallest absolute Gasteiger partial charge is 0.226 e. The minimum atomic E-state index is 0.0278. The Morgan fingerprint density at radius 1 is 1.37 bits per heavy atom. The van der Waals surface area contributed by atoms with Crippen LogP contribution in [0.3, 0.4) is 0 Å². The summed E-state index contributed by atoms with van der Waals surface area (Å²) in [5.41, 5.74) is 8.30. The van der Waals surface area contributed by atoms with E-state index in [-0.39, 0.29) is 5.91 Å². The largest absolute Gasteiger partial charge is 0.399 e. The fraction of sp³-hybridized carbons (Fsp3) is 0.286. The van der Waals surface area contributed by atoms with Gasteiger partial charge < -0.3 is 11.1 Å². The van der Waals surface area contributed by atoms with Crippen LogP contribution in [0.25, 0.3) is 11.3 Å². The quantitative estimate of drug-likeness (QED) is 0.824. The first-order valence-electron chi connectivity index (χ1n) is 6.26. The molecule has 0 saturated heterocycles. The molecule has 3 N–H and O–H groups in total. The van der Waals surface area contributed by atoms with Crippen molar-refractivity contribution in [1.82, 2.24) is 10.3 Å². The lowest BCUT2D eigenvalue weighted by Gasteiger charge is -2.00. The maximum Gasteiger partial charge on any atom is 0.226 e. The van der Waals surface area contributed by atoms with Crippen LogP contribution >= 0.6 is 11.3 Å². The predicted octanol–water partition coefficient (Wildman–Crippen LogP) is 2.46. The number of nitrogens with two attached hydrogens (primary N) is 1. The Bertz CT molecular complexity index is 548. The van der Waals surface area contributed by atoms with Crippen LogP contribution in [0.2, 0.25) is 0 Å². The van der Waals surface area contributed by atoms with Crippen LogP contribution in [0, 0.1) is 0 Å². The molecule has 0 bridgehead atoms. The number of hydrogen-bond acceptors (Lipinski definition) is 4. The van der Waals surface area contributed by atoms with Gasteiger partial charge in [-0.05, 0) is 18.6 Å². The lowest BCUT2D eigenvalue weighted by molar-refractivity contribution is -0.120. The standard InChI is InChI=1S/C14H17N3OS/c1-2-7-16-13(18)8-14-17-12(9-19-14)10-3-5-11(15)6-4-10/h3-6,9H,2,7-8,15H2,1H3,(H,16,18). The summed E-state index contributed by atoms with van der Waals surface area (Å²) in [5, 5.41) is 5.65. The number of nitrogen functional groups attached to an aromatic ring is 1. The molecular formula is C14H17N3OS. The molecule has 100 valence electrons. The second-order valence-electron chi connectivity index (χ2n) is 4.28. The van der Waals surface area contributed by atoms with Gasteiger partial charge in [0.15, 0.2) is 0 Å². The summed E-state index contributed by atoms with van der Waals surface area (Å²) in [6.07, 6.45) is 1.29. The molecule has 0 radical (unpaired) electrons. The summed E-state index contributed by atoms with van der Waals surface area (Å²) in [7, 11) is 0. The molecule has 0 atom stereocenters. The van der Waals surface area contributed by atoms with Crippen molar-refractivity contribution in [2.75, 3.05) is 12.3 Å². The molecule has 5 heteroatoms. The van der Waals surface area contributed by atoms with Gasteiger partial charge in [0.1, 0.15) is 5.01 Å². The average molecular weight is 275 g/mol. The van der Waals surface area contributed by atoms with Gasteiger partial charge in [-0.1, -0.05) is 19.1 Å². The van der Waals surface area contributed by atoms with E-state index in [1.807, 2.05) is 36.6 Å². The van der Waals surface area contributed by atoms with Crippen molar-refractivity contribution in [2.45, 2.75) is 19.8 Å². The highest BCUT2D eigenvalue weighted by molar-refractivity contribution is 7.10. The summed E-state index contributed by atoms with van der Waals surface area (Å²) in [6, 6.07) is 7.57. The number of rotatable bonds is 5. The number of hydrogen-bond donors (Lipinski definition) is 2. The van der Waals surface area contributed by atoms with Crippen molar-refractivity contribution >= 4 is 22.9 Å². The molecule has 2 aromatic rings. The van der Waals surface area contributed by atoms with Crippen molar-refractivity contribution in [3.8, 4) is 11.3 Å². The van der Waals surface area contributed by atoms with Gasteiger partial charge in [0, 0.05) is 23.2 Å². The lowest BCUT2D eigenvalue weighted by Crippen LogP contribution is -2.25. The minimum absolute atomic E-state index is 0.0278. The first kappa shape index (κ1) is 13.5. The number of amides is 1. The number of nitrogens with one attached hydrogen (secondary N) is 1. The molecule has 0 aliphatic rings. The third kappa shape index (κ3) is 3.79. The van der Waals surface area contributed by atoms with E-state index in [0.29, 0.717) is 6.42 Å². The number of nitrogens with zero attached hydrogens (tertiary/aromatic N) is 1. The second kappa shape index (κ2) is 6.33. The summed E-state index contributed by atoms with van der Waals surface area (Å²) in [5.74, 6) is 0.0278. The zero-order valence-corrected chi connectivity index (χ0v) is 11.7. The van der Waals surface area contributed by atoms with Crippen LogP contribution in [-0.4, -0.2) is 17.4 Å². The van der Waals surface area contributed by atoms with Crippen LogP contribution < -0.4 is 11.1 Å². The molecule has 0 saturated carbocycles. The van der Waals surface area contributed by atoms with Crippen LogP contribution in [0.5, 0.6) is 0 Å². The third-order valence-corrected chi connectivity index (χ3v) is 3.49. The Labute approximate surface area is 116 Å². The van der Waals surface area contributed by atoms with E-state index >= 15 is 0 Å². The van der Waals surface area contributed by atoms with Crippen LogP contribution in [0.1, 0.15) is 18.4 Å². The fourth-order valence-electron chi connectivity index (χ4n) is 1.64.